The maximum atomic E-state index is 9.13. The predicted octanol–water partition coefficient (Wildman–Crippen LogP) is 8.35. The zero-order valence-corrected chi connectivity index (χ0v) is 19.3. The lowest BCUT2D eigenvalue weighted by Gasteiger charge is -2.04. The molecule has 0 aromatic heterocycles. The van der Waals surface area contributed by atoms with Gasteiger partial charge in [0, 0.05) is 0 Å². The van der Waals surface area contributed by atoms with Crippen molar-refractivity contribution in [2.75, 3.05) is 0 Å². The highest BCUT2D eigenvalue weighted by atomic mass is 16.4. The molecular weight excluding hydrogens is 348 g/mol. The van der Waals surface area contributed by atoms with Crippen LogP contribution in [0.25, 0.3) is 0 Å². The third-order valence-electron chi connectivity index (χ3n) is 5.33. The van der Waals surface area contributed by atoms with E-state index in [1.54, 1.807) is 0 Å². The third kappa shape index (κ3) is 32.9. The van der Waals surface area contributed by atoms with E-state index in [0.717, 1.165) is 0 Å². The van der Waals surface area contributed by atoms with Crippen LogP contribution in [0.5, 0.6) is 0 Å². The Kier molecular flexibility index (Phi) is 29.9. The molecule has 0 heterocycles. The molecule has 0 unspecified atom stereocenters. The maximum absolute atomic E-state index is 9.13. The first-order valence-electron chi connectivity index (χ1n) is 12.4. The molecule has 4 N–H and O–H groups in total. The van der Waals surface area contributed by atoms with Crippen LogP contribution in [-0.2, 0) is 0 Å². The van der Waals surface area contributed by atoms with Crippen molar-refractivity contribution < 1.29 is 9.90 Å². The lowest BCUT2D eigenvalue weighted by molar-refractivity contribution is 0.194. The number of nitrogens with two attached hydrogens (primary N) is 1. The van der Waals surface area contributed by atoms with Crippen molar-refractivity contribution in [1.82, 2.24) is 5.43 Å². The summed E-state index contributed by atoms with van der Waals surface area (Å²) in [4.78, 5) is 9.13. The molecule has 1 amide bonds. The summed E-state index contributed by atoms with van der Waals surface area (Å²) in [7, 11) is 0. The summed E-state index contributed by atoms with van der Waals surface area (Å²) in [6.07, 6.45) is 29.7. The second-order valence-corrected chi connectivity index (χ2v) is 8.17. The molecule has 0 fully saturated rings. The standard InChI is InChI=1S/C23H48.CH4N2O2/c1-3-5-7-9-11-13-15-17-19-21-23-22-20-18-16-14-12-10-8-6-4-2;2-3-1(4)5/h3-23H2,1-2H3;3H,2H2,(H,4,5). The monoisotopic (exact) mass is 400 g/mol. The highest BCUT2D eigenvalue weighted by Crippen LogP contribution is 2.14. The molecule has 4 heteroatoms. The molecule has 0 aromatic carbocycles. The fourth-order valence-corrected chi connectivity index (χ4v) is 3.51. The van der Waals surface area contributed by atoms with Gasteiger partial charge in [-0.25, -0.2) is 10.6 Å². The lowest BCUT2D eigenvalue weighted by atomic mass is 10.0. The van der Waals surface area contributed by atoms with Crippen LogP contribution >= 0.6 is 0 Å². The highest BCUT2D eigenvalue weighted by molar-refractivity contribution is 5.63. The smallest absolute Gasteiger partial charge is 0.418 e. The molecule has 0 saturated heterocycles. The van der Waals surface area contributed by atoms with Crippen LogP contribution in [0.3, 0.4) is 0 Å². The van der Waals surface area contributed by atoms with Crippen LogP contribution in [-0.4, -0.2) is 11.2 Å². The molecule has 0 atom stereocenters. The molecule has 0 saturated carbocycles. The fourth-order valence-electron chi connectivity index (χ4n) is 3.51. The van der Waals surface area contributed by atoms with Crippen molar-refractivity contribution in [3.05, 3.63) is 0 Å². The van der Waals surface area contributed by atoms with Gasteiger partial charge in [0.25, 0.3) is 0 Å². The molecule has 0 aliphatic heterocycles. The summed E-state index contributed by atoms with van der Waals surface area (Å²) >= 11 is 0. The average Bonchev–Trinajstić information content (AvgIpc) is 2.70. The van der Waals surface area contributed by atoms with Crippen LogP contribution < -0.4 is 11.3 Å². The number of carboxylic acid groups (broad SMARTS) is 1. The largest absolute Gasteiger partial charge is 0.464 e. The topological polar surface area (TPSA) is 75.3 Å². The van der Waals surface area contributed by atoms with E-state index < -0.39 is 6.09 Å². The van der Waals surface area contributed by atoms with Gasteiger partial charge in [-0.05, 0) is 0 Å². The Morgan fingerprint density at radius 3 is 0.786 bits per heavy atom. The van der Waals surface area contributed by atoms with Crippen LogP contribution in [0, 0.1) is 0 Å². The Bertz CT molecular complexity index is 266. The molecule has 4 nitrogen and oxygen atoms in total. The summed E-state index contributed by atoms with van der Waals surface area (Å²) in [5.74, 6) is 4.32. The second-order valence-electron chi connectivity index (χ2n) is 8.17. The molecule has 0 aromatic rings. The Hall–Kier alpha value is -0.770. The van der Waals surface area contributed by atoms with Crippen molar-refractivity contribution in [2.24, 2.45) is 5.84 Å². The van der Waals surface area contributed by atoms with Gasteiger partial charge in [0.1, 0.15) is 0 Å². The van der Waals surface area contributed by atoms with E-state index in [9.17, 15) is 0 Å². The molecule has 0 aliphatic rings. The maximum Gasteiger partial charge on any atom is 0.418 e. The molecule has 0 aliphatic carbocycles. The SMILES string of the molecule is CCCCCCCCCCCCCCCCCCCCCCC.NNC(=O)O. The Labute approximate surface area is 176 Å². The number of amides is 1. The Morgan fingerprint density at radius 2 is 0.679 bits per heavy atom. The average molecular weight is 401 g/mol. The van der Waals surface area contributed by atoms with Gasteiger partial charge < -0.3 is 5.11 Å². The number of hydrogen-bond donors (Lipinski definition) is 3. The summed E-state index contributed by atoms with van der Waals surface area (Å²) in [6, 6.07) is 0. The number of nitrogens with one attached hydrogen (secondary N) is 1. The Morgan fingerprint density at radius 1 is 0.536 bits per heavy atom. The van der Waals surface area contributed by atoms with E-state index >= 15 is 0 Å². The number of hydrazine groups is 1. The number of unbranched alkanes of at least 4 members (excludes halogenated alkanes) is 20. The van der Waals surface area contributed by atoms with Crippen molar-refractivity contribution in [3.63, 3.8) is 0 Å². The summed E-state index contributed by atoms with van der Waals surface area (Å²) < 4.78 is 0. The van der Waals surface area contributed by atoms with E-state index in [1.165, 1.54) is 140 Å². The van der Waals surface area contributed by atoms with Gasteiger partial charge in [0.05, 0.1) is 0 Å². The first-order chi connectivity index (χ1) is 13.7. The van der Waals surface area contributed by atoms with E-state index in [1.807, 2.05) is 0 Å². The second kappa shape index (κ2) is 28.4. The molecular formula is C24H52N2O2. The zero-order chi connectivity index (χ0) is 21.1. The molecule has 28 heavy (non-hydrogen) atoms. The minimum absolute atomic E-state index is 1.22. The molecule has 170 valence electrons. The quantitative estimate of drug-likeness (QED) is 0.0831. The van der Waals surface area contributed by atoms with E-state index in [0.29, 0.717) is 0 Å². The van der Waals surface area contributed by atoms with Gasteiger partial charge in [0.15, 0.2) is 0 Å². The minimum atomic E-state index is -1.22. The predicted molar refractivity (Wildman–Crippen MR) is 124 cm³/mol. The van der Waals surface area contributed by atoms with E-state index in [2.05, 4.69) is 19.7 Å². The molecule has 0 radical (unpaired) electrons. The van der Waals surface area contributed by atoms with Gasteiger partial charge >= 0.3 is 6.09 Å². The van der Waals surface area contributed by atoms with Gasteiger partial charge in [-0.15, -0.1) is 0 Å². The highest BCUT2D eigenvalue weighted by Gasteiger charge is 1.95. The minimum Gasteiger partial charge on any atom is -0.464 e. The van der Waals surface area contributed by atoms with Gasteiger partial charge in [-0.3, -0.25) is 5.43 Å². The summed E-state index contributed by atoms with van der Waals surface area (Å²) in [6.45, 7) is 4.60. The van der Waals surface area contributed by atoms with Crippen molar-refractivity contribution in [3.8, 4) is 0 Å². The number of rotatable bonds is 20. The summed E-state index contributed by atoms with van der Waals surface area (Å²) in [5, 5.41) is 7.49. The fraction of sp³-hybridized carbons (Fsp3) is 0.958. The first-order valence-corrected chi connectivity index (χ1v) is 12.4. The molecule has 0 bridgehead atoms. The Balaban J connectivity index is 0. The van der Waals surface area contributed by atoms with Gasteiger partial charge in [0.2, 0.25) is 0 Å². The summed E-state index contributed by atoms with van der Waals surface area (Å²) in [5.41, 5.74) is 1.44. The van der Waals surface area contributed by atoms with Gasteiger partial charge in [-0.1, -0.05) is 149 Å². The number of carbonyl (C=O) groups is 1. The lowest BCUT2D eigenvalue weighted by Crippen LogP contribution is -2.27. The van der Waals surface area contributed by atoms with Crippen LogP contribution in [0.2, 0.25) is 0 Å². The molecule has 0 spiro atoms. The number of hydrogen-bond acceptors (Lipinski definition) is 2. The first kappa shape index (κ1) is 29.4. The van der Waals surface area contributed by atoms with Crippen LogP contribution in [0.4, 0.5) is 4.79 Å². The van der Waals surface area contributed by atoms with Crippen molar-refractivity contribution >= 4 is 6.09 Å². The zero-order valence-electron chi connectivity index (χ0n) is 19.3. The van der Waals surface area contributed by atoms with Crippen LogP contribution in [0.1, 0.15) is 149 Å². The normalized spacial score (nSPS) is 10.4. The molecule has 0 rings (SSSR count). The van der Waals surface area contributed by atoms with Crippen LogP contribution in [0.15, 0.2) is 0 Å². The van der Waals surface area contributed by atoms with E-state index in [4.69, 9.17) is 9.90 Å². The van der Waals surface area contributed by atoms with Crippen molar-refractivity contribution in [2.45, 2.75) is 149 Å². The third-order valence-corrected chi connectivity index (χ3v) is 5.33. The van der Waals surface area contributed by atoms with Crippen molar-refractivity contribution in [1.29, 1.82) is 0 Å². The van der Waals surface area contributed by atoms with E-state index in [-0.39, 0.29) is 0 Å². The van der Waals surface area contributed by atoms with Gasteiger partial charge in [-0.2, -0.15) is 0 Å².